The number of carbonyl (C=O) groups is 1. The van der Waals surface area contributed by atoms with Crippen molar-refractivity contribution in [2.24, 2.45) is 0 Å². The summed E-state index contributed by atoms with van der Waals surface area (Å²) in [6, 6.07) is 3.22. The molecule has 0 spiro atoms. The molecule has 4 heteroatoms. The van der Waals surface area contributed by atoms with Gasteiger partial charge in [-0.1, -0.05) is 16.8 Å². The van der Waals surface area contributed by atoms with E-state index in [9.17, 15) is 4.79 Å². The van der Waals surface area contributed by atoms with Gasteiger partial charge in [-0.25, -0.2) is 0 Å². The summed E-state index contributed by atoms with van der Waals surface area (Å²) in [5.41, 5.74) is 0.988. The van der Waals surface area contributed by atoms with Gasteiger partial charge in [-0.2, -0.15) is 0 Å². The van der Waals surface area contributed by atoms with Gasteiger partial charge in [0.1, 0.15) is 0 Å². The zero-order valence-corrected chi connectivity index (χ0v) is 6.71. The first-order valence-electron chi connectivity index (χ1n) is 3.30. The van der Waals surface area contributed by atoms with Crippen molar-refractivity contribution >= 4 is 28.9 Å². The van der Waals surface area contributed by atoms with E-state index < -0.39 is 0 Å². The second-order valence-corrected chi connectivity index (χ2v) is 2.76. The van der Waals surface area contributed by atoms with Gasteiger partial charge >= 0.3 is 0 Å². The van der Waals surface area contributed by atoms with E-state index >= 15 is 0 Å². The number of aldehydes is 1. The van der Waals surface area contributed by atoms with Gasteiger partial charge in [-0.15, -0.1) is 0 Å². The first kappa shape index (κ1) is 7.31. The highest BCUT2D eigenvalue weighted by molar-refractivity contribution is 6.33. The van der Waals surface area contributed by atoms with Gasteiger partial charge in [0.25, 0.3) is 0 Å². The summed E-state index contributed by atoms with van der Waals surface area (Å²) >= 11 is 5.76. The van der Waals surface area contributed by atoms with Gasteiger partial charge in [0.05, 0.1) is 11.2 Å². The third-order valence-electron chi connectivity index (χ3n) is 1.60. The lowest BCUT2D eigenvalue weighted by molar-refractivity contribution is 0.112. The molecule has 0 bridgehead atoms. The SMILES string of the molecule is O=Cc1cc2oncc2cc1Cl. The fourth-order valence-corrected chi connectivity index (χ4v) is 1.21. The summed E-state index contributed by atoms with van der Waals surface area (Å²) in [7, 11) is 0. The third kappa shape index (κ3) is 0.987. The van der Waals surface area contributed by atoms with Gasteiger partial charge in [0.2, 0.25) is 0 Å². The Morgan fingerprint density at radius 1 is 1.50 bits per heavy atom. The number of fused-ring (bicyclic) bond motifs is 1. The van der Waals surface area contributed by atoms with Crippen molar-refractivity contribution in [1.29, 1.82) is 0 Å². The van der Waals surface area contributed by atoms with Gasteiger partial charge < -0.3 is 4.52 Å². The van der Waals surface area contributed by atoms with E-state index in [4.69, 9.17) is 16.1 Å². The average molecular weight is 182 g/mol. The van der Waals surface area contributed by atoms with E-state index in [2.05, 4.69) is 5.16 Å². The summed E-state index contributed by atoms with van der Waals surface area (Å²) in [4.78, 5) is 10.4. The van der Waals surface area contributed by atoms with Crippen LogP contribution < -0.4 is 0 Å². The summed E-state index contributed by atoms with van der Waals surface area (Å²) in [6.07, 6.45) is 2.24. The molecule has 0 N–H and O–H groups in total. The minimum atomic E-state index is 0.417. The molecule has 0 saturated carbocycles. The number of aromatic nitrogens is 1. The van der Waals surface area contributed by atoms with E-state index in [0.29, 0.717) is 22.5 Å². The Hall–Kier alpha value is -1.35. The third-order valence-corrected chi connectivity index (χ3v) is 1.93. The standard InChI is InChI=1S/C8H4ClNO2/c9-7-1-5-3-10-12-8(5)2-6(7)4-11/h1-4H. The molecular weight excluding hydrogens is 178 g/mol. The van der Waals surface area contributed by atoms with Crippen LogP contribution in [-0.2, 0) is 0 Å². The van der Waals surface area contributed by atoms with E-state index in [1.165, 1.54) is 0 Å². The van der Waals surface area contributed by atoms with Crippen molar-refractivity contribution in [3.63, 3.8) is 0 Å². The van der Waals surface area contributed by atoms with Crippen LogP contribution >= 0.6 is 11.6 Å². The number of halogens is 1. The monoisotopic (exact) mass is 181 g/mol. The number of rotatable bonds is 1. The fraction of sp³-hybridized carbons (Fsp3) is 0. The molecule has 12 heavy (non-hydrogen) atoms. The molecule has 0 fully saturated rings. The predicted molar refractivity (Wildman–Crippen MR) is 44.4 cm³/mol. The van der Waals surface area contributed by atoms with E-state index in [-0.39, 0.29) is 0 Å². The first-order valence-corrected chi connectivity index (χ1v) is 3.68. The van der Waals surface area contributed by atoms with Gasteiger partial charge in [0.15, 0.2) is 11.9 Å². The number of hydrogen-bond acceptors (Lipinski definition) is 3. The van der Waals surface area contributed by atoms with Crippen LogP contribution in [0.25, 0.3) is 11.0 Å². The molecule has 3 nitrogen and oxygen atoms in total. The lowest BCUT2D eigenvalue weighted by Crippen LogP contribution is -1.80. The molecule has 60 valence electrons. The van der Waals surface area contributed by atoms with E-state index in [1.54, 1.807) is 18.3 Å². The smallest absolute Gasteiger partial charge is 0.167 e. The zero-order valence-electron chi connectivity index (χ0n) is 5.95. The van der Waals surface area contributed by atoms with E-state index in [1.807, 2.05) is 0 Å². The molecule has 1 heterocycles. The Bertz CT molecular complexity index is 436. The maximum atomic E-state index is 10.4. The average Bonchev–Trinajstić information content (AvgIpc) is 2.49. The highest BCUT2D eigenvalue weighted by Crippen LogP contribution is 2.22. The molecule has 1 aromatic carbocycles. The molecule has 0 unspecified atom stereocenters. The van der Waals surface area contributed by atoms with Crippen LogP contribution in [0.3, 0.4) is 0 Å². The van der Waals surface area contributed by atoms with Crippen LogP contribution in [0.2, 0.25) is 5.02 Å². The second-order valence-electron chi connectivity index (χ2n) is 2.36. The molecule has 0 atom stereocenters. The molecule has 2 aromatic rings. The quantitative estimate of drug-likeness (QED) is 0.634. The lowest BCUT2D eigenvalue weighted by Gasteiger charge is -1.93. The molecule has 1 aromatic heterocycles. The van der Waals surface area contributed by atoms with Gasteiger partial charge in [-0.3, -0.25) is 4.79 Å². The summed E-state index contributed by atoms with van der Waals surface area (Å²) < 4.78 is 4.85. The molecule has 0 aliphatic rings. The predicted octanol–water partition coefficient (Wildman–Crippen LogP) is 2.29. The van der Waals surface area contributed by atoms with Crippen molar-refractivity contribution in [3.05, 3.63) is 28.9 Å². The Labute approximate surface area is 72.9 Å². The first-order chi connectivity index (χ1) is 5.81. The van der Waals surface area contributed by atoms with Crippen molar-refractivity contribution in [2.45, 2.75) is 0 Å². The maximum absolute atomic E-state index is 10.4. The van der Waals surface area contributed by atoms with Crippen LogP contribution in [0.15, 0.2) is 22.9 Å². The Balaban J connectivity index is 2.81. The van der Waals surface area contributed by atoms with Crippen LogP contribution in [0.4, 0.5) is 0 Å². The molecule has 0 amide bonds. The molecular formula is C8H4ClNO2. The zero-order chi connectivity index (χ0) is 8.55. The molecule has 2 rings (SSSR count). The van der Waals surface area contributed by atoms with Crippen LogP contribution in [0.5, 0.6) is 0 Å². The highest BCUT2D eigenvalue weighted by atomic mass is 35.5. The Kier molecular flexibility index (Phi) is 1.59. The van der Waals surface area contributed by atoms with Crippen LogP contribution in [0.1, 0.15) is 10.4 Å². The second kappa shape index (κ2) is 2.60. The molecule has 0 aliphatic carbocycles. The number of hydrogen-bond donors (Lipinski definition) is 0. The van der Waals surface area contributed by atoms with Crippen molar-refractivity contribution in [3.8, 4) is 0 Å². The lowest BCUT2D eigenvalue weighted by atomic mass is 10.2. The summed E-state index contributed by atoms with van der Waals surface area (Å²) in [5.74, 6) is 0. The van der Waals surface area contributed by atoms with Gasteiger partial charge in [-0.05, 0) is 12.1 Å². The van der Waals surface area contributed by atoms with Crippen molar-refractivity contribution in [1.82, 2.24) is 5.16 Å². The van der Waals surface area contributed by atoms with Crippen LogP contribution in [0, 0.1) is 0 Å². The largest absolute Gasteiger partial charge is 0.356 e. The summed E-state index contributed by atoms with van der Waals surface area (Å²) in [6.45, 7) is 0. The molecule has 0 radical (unpaired) electrons. The maximum Gasteiger partial charge on any atom is 0.167 e. The van der Waals surface area contributed by atoms with Gasteiger partial charge in [0, 0.05) is 10.9 Å². The number of benzene rings is 1. The normalized spacial score (nSPS) is 10.4. The highest BCUT2D eigenvalue weighted by Gasteiger charge is 2.04. The number of carbonyl (C=O) groups excluding carboxylic acids is 1. The van der Waals surface area contributed by atoms with Crippen LogP contribution in [-0.4, -0.2) is 11.4 Å². The Morgan fingerprint density at radius 3 is 3.08 bits per heavy atom. The van der Waals surface area contributed by atoms with Crippen molar-refractivity contribution < 1.29 is 9.32 Å². The Morgan fingerprint density at radius 2 is 2.33 bits per heavy atom. The topological polar surface area (TPSA) is 43.1 Å². The molecule has 0 aliphatic heterocycles. The minimum Gasteiger partial charge on any atom is -0.356 e. The molecule has 0 saturated heterocycles. The fourth-order valence-electron chi connectivity index (χ4n) is 0.995. The van der Waals surface area contributed by atoms with E-state index in [0.717, 1.165) is 5.39 Å². The summed E-state index contributed by atoms with van der Waals surface area (Å²) in [5, 5.41) is 4.78. The minimum absolute atomic E-state index is 0.417. The van der Waals surface area contributed by atoms with Crippen molar-refractivity contribution in [2.75, 3.05) is 0 Å². The number of nitrogens with zero attached hydrogens (tertiary/aromatic N) is 1.